The first-order chi connectivity index (χ1) is 11.1. The molecule has 0 amide bonds. The Labute approximate surface area is 154 Å². The minimum Gasteiger partial charge on any atom is -0.0654 e. The fourth-order valence-electron chi connectivity index (χ4n) is 2.61. The van der Waals surface area contributed by atoms with Gasteiger partial charge in [-0.3, -0.25) is 0 Å². The molecule has 0 heterocycles. The molecule has 1 rings (SSSR count). The van der Waals surface area contributed by atoms with E-state index in [1.54, 1.807) is 0 Å². The van der Waals surface area contributed by atoms with E-state index in [0.717, 1.165) is 6.42 Å². The van der Waals surface area contributed by atoms with Crippen LogP contribution in [0.2, 0.25) is 0 Å². The van der Waals surface area contributed by atoms with Gasteiger partial charge in [-0.05, 0) is 36.0 Å². The van der Waals surface area contributed by atoms with Crippen molar-refractivity contribution in [2.24, 2.45) is 0 Å². The quantitative estimate of drug-likeness (QED) is 0.355. The van der Waals surface area contributed by atoms with Gasteiger partial charge in [-0.25, -0.2) is 0 Å². The van der Waals surface area contributed by atoms with Gasteiger partial charge in [0.25, 0.3) is 0 Å². The Bertz CT molecular complexity index is 376. The number of hydrogen-bond donors (Lipinski definition) is 0. The summed E-state index contributed by atoms with van der Waals surface area (Å²) in [6, 6.07) is 6.70. The maximum absolute atomic E-state index is 3.56. The Morgan fingerprint density at radius 1 is 0.826 bits per heavy atom. The molecular weight excluding hydrogens is 344 g/mol. The van der Waals surface area contributed by atoms with Crippen molar-refractivity contribution in [2.75, 3.05) is 0 Å². The molecule has 134 valence electrons. The summed E-state index contributed by atoms with van der Waals surface area (Å²) in [5, 5.41) is 0. The number of hydrogen-bond acceptors (Lipinski definition) is 0. The topological polar surface area (TPSA) is 0 Å². The molecule has 0 aliphatic heterocycles. The van der Waals surface area contributed by atoms with Gasteiger partial charge in [0.1, 0.15) is 0 Å². The third-order valence-corrected chi connectivity index (χ3v) is 5.36. The summed E-state index contributed by atoms with van der Waals surface area (Å²) in [4.78, 5) is 0. The Kier molecular flexibility index (Phi) is 15.0. The molecule has 1 aromatic carbocycles. The second kappa shape index (κ2) is 15.2. The summed E-state index contributed by atoms with van der Waals surface area (Å²) in [6.07, 6.45) is 13.8. The fourth-order valence-corrected chi connectivity index (χ4v) is 3.14. The average Bonchev–Trinajstić information content (AvgIpc) is 2.58. The highest BCUT2D eigenvalue weighted by Gasteiger charge is 2.05. The van der Waals surface area contributed by atoms with Crippen molar-refractivity contribution in [3.05, 3.63) is 33.8 Å². The van der Waals surface area contributed by atoms with Crippen molar-refractivity contribution in [1.29, 1.82) is 0 Å². The van der Waals surface area contributed by atoms with E-state index in [1.807, 2.05) is 0 Å². The predicted molar refractivity (Wildman–Crippen MR) is 111 cm³/mol. The Morgan fingerprint density at radius 2 is 1.35 bits per heavy atom. The number of halogens is 1. The van der Waals surface area contributed by atoms with Crippen LogP contribution in [0.4, 0.5) is 0 Å². The average molecular weight is 383 g/mol. The highest BCUT2D eigenvalue weighted by Crippen LogP contribution is 2.24. The molecule has 1 unspecified atom stereocenters. The molecule has 0 bridgehead atoms. The molecule has 0 N–H and O–H groups in total. The third kappa shape index (κ3) is 11.0. The molecule has 1 atom stereocenters. The number of unbranched alkanes of at least 4 members (excludes halogenated alkanes) is 7. The van der Waals surface area contributed by atoms with Gasteiger partial charge in [0.2, 0.25) is 0 Å². The van der Waals surface area contributed by atoms with Crippen LogP contribution >= 0.6 is 15.9 Å². The Balaban J connectivity index is 0.000000438. The molecular formula is C22H39Br. The lowest BCUT2D eigenvalue weighted by Gasteiger charge is -2.11. The van der Waals surface area contributed by atoms with Gasteiger partial charge in [-0.1, -0.05) is 114 Å². The fraction of sp³-hybridized carbons (Fsp3) is 0.727. The van der Waals surface area contributed by atoms with Gasteiger partial charge in [-0.2, -0.15) is 0 Å². The standard InChI is InChI=1S/C12H17Br.C10H22/c1-4-9(3)11-6-7-12(13)10(5-2)8-11;1-3-5-7-9-10-8-6-4-2/h6-9H,4-5H2,1-3H3;3-10H2,1-2H3. The Hall–Kier alpha value is -0.300. The van der Waals surface area contributed by atoms with Crippen LogP contribution in [0.1, 0.15) is 109 Å². The zero-order chi connectivity index (χ0) is 17.5. The van der Waals surface area contributed by atoms with Crippen molar-refractivity contribution >= 4 is 15.9 Å². The first-order valence-electron chi connectivity index (χ1n) is 9.88. The normalized spacial score (nSPS) is 11.7. The molecule has 0 aromatic heterocycles. The number of benzene rings is 1. The SMILES string of the molecule is CCCCCCCCCC.CCc1cc(C(C)CC)ccc1Br. The minimum atomic E-state index is 0.679. The summed E-state index contributed by atoms with van der Waals surface area (Å²) in [6.45, 7) is 11.2. The van der Waals surface area contributed by atoms with Crippen LogP contribution in [0, 0.1) is 0 Å². The molecule has 0 nitrogen and oxygen atoms in total. The van der Waals surface area contributed by atoms with Gasteiger partial charge < -0.3 is 0 Å². The maximum atomic E-state index is 3.56. The zero-order valence-corrected chi connectivity index (χ0v) is 17.8. The molecule has 0 fully saturated rings. The number of rotatable bonds is 10. The van der Waals surface area contributed by atoms with E-state index < -0.39 is 0 Å². The van der Waals surface area contributed by atoms with Gasteiger partial charge in [0, 0.05) is 4.47 Å². The molecule has 0 aliphatic carbocycles. The number of aryl methyl sites for hydroxylation is 1. The first-order valence-corrected chi connectivity index (χ1v) is 10.7. The monoisotopic (exact) mass is 382 g/mol. The Morgan fingerprint density at radius 3 is 1.78 bits per heavy atom. The third-order valence-electron chi connectivity index (χ3n) is 4.59. The largest absolute Gasteiger partial charge is 0.0654 e. The summed E-state index contributed by atoms with van der Waals surface area (Å²) >= 11 is 3.56. The summed E-state index contributed by atoms with van der Waals surface area (Å²) in [5.74, 6) is 0.679. The lowest BCUT2D eigenvalue weighted by Crippen LogP contribution is -1.93. The molecule has 0 aliphatic rings. The van der Waals surface area contributed by atoms with Crippen molar-refractivity contribution in [3.63, 3.8) is 0 Å². The van der Waals surface area contributed by atoms with Crippen LogP contribution in [0.5, 0.6) is 0 Å². The van der Waals surface area contributed by atoms with Crippen LogP contribution in [-0.4, -0.2) is 0 Å². The lowest BCUT2D eigenvalue weighted by molar-refractivity contribution is 0.585. The van der Waals surface area contributed by atoms with Crippen LogP contribution in [-0.2, 0) is 6.42 Å². The van der Waals surface area contributed by atoms with E-state index in [9.17, 15) is 0 Å². The molecule has 0 saturated heterocycles. The molecule has 0 radical (unpaired) electrons. The molecule has 23 heavy (non-hydrogen) atoms. The second-order valence-corrected chi connectivity index (χ2v) is 7.49. The van der Waals surface area contributed by atoms with Crippen LogP contribution in [0.3, 0.4) is 0 Å². The zero-order valence-electron chi connectivity index (χ0n) is 16.3. The van der Waals surface area contributed by atoms with E-state index >= 15 is 0 Å². The van der Waals surface area contributed by atoms with Crippen molar-refractivity contribution < 1.29 is 0 Å². The predicted octanol–water partition coefficient (Wildman–Crippen LogP) is 8.67. The van der Waals surface area contributed by atoms with Crippen molar-refractivity contribution in [2.45, 2.75) is 105 Å². The van der Waals surface area contributed by atoms with E-state index in [4.69, 9.17) is 0 Å². The smallest absolute Gasteiger partial charge is 0.0207 e. The summed E-state index contributed by atoms with van der Waals surface area (Å²) < 4.78 is 1.24. The highest BCUT2D eigenvalue weighted by molar-refractivity contribution is 9.10. The summed E-state index contributed by atoms with van der Waals surface area (Å²) in [5.41, 5.74) is 2.88. The van der Waals surface area contributed by atoms with Gasteiger partial charge >= 0.3 is 0 Å². The molecule has 1 aromatic rings. The van der Waals surface area contributed by atoms with Crippen molar-refractivity contribution in [3.8, 4) is 0 Å². The molecule has 0 saturated carbocycles. The summed E-state index contributed by atoms with van der Waals surface area (Å²) in [7, 11) is 0. The van der Waals surface area contributed by atoms with Crippen LogP contribution in [0.25, 0.3) is 0 Å². The molecule has 0 spiro atoms. The van der Waals surface area contributed by atoms with Gasteiger partial charge in [-0.15, -0.1) is 0 Å². The van der Waals surface area contributed by atoms with E-state index in [1.165, 1.54) is 73.4 Å². The first kappa shape index (κ1) is 22.7. The van der Waals surface area contributed by atoms with E-state index in [2.05, 4.69) is 68.7 Å². The maximum Gasteiger partial charge on any atom is 0.0207 e. The minimum absolute atomic E-state index is 0.679. The van der Waals surface area contributed by atoms with Crippen LogP contribution in [0.15, 0.2) is 22.7 Å². The van der Waals surface area contributed by atoms with Gasteiger partial charge in [0.15, 0.2) is 0 Å². The van der Waals surface area contributed by atoms with Gasteiger partial charge in [0.05, 0.1) is 0 Å². The lowest BCUT2D eigenvalue weighted by atomic mass is 9.96. The van der Waals surface area contributed by atoms with Crippen molar-refractivity contribution in [1.82, 2.24) is 0 Å². The van der Waals surface area contributed by atoms with E-state index in [0.29, 0.717) is 5.92 Å². The second-order valence-electron chi connectivity index (χ2n) is 6.64. The highest BCUT2D eigenvalue weighted by atomic mass is 79.9. The van der Waals surface area contributed by atoms with Crippen LogP contribution < -0.4 is 0 Å². The molecule has 1 heteroatoms. The van der Waals surface area contributed by atoms with E-state index in [-0.39, 0.29) is 0 Å².